The summed E-state index contributed by atoms with van der Waals surface area (Å²) in [5.41, 5.74) is 2.79. The SMILES string of the molecule is COc1ccccc1C1=NN(C(=N)Cc2ccc(F)cc2)CC1C. The van der Waals surface area contributed by atoms with Gasteiger partial charge in [0, 0.05) is 17.9 Å². The Morgan fingerprint density at radius 3 is 2.67 bits per heavy atom. The molecule has 1 heterocycles. The smallest absolute Gasteiger partial charge is 0.127 e. The van der Waals surface area contributed by atoms with Gasteiger partial charge in [0.05, 0.1) is 19.4 Å². The average Bonchev–Trinajstić information content (AvgIpc) is 2.98. The van der Waals surface area contributed by atoms with Crippen LogP contribution in [-0.2, 0) is 6.42 Å². The van der Waals surface area contributed by atoms with Crippen LogP contribution >= 0.6 is 0 Å². The Hall–Kier alpha value is -2.69. The Bertz CT molecular complexity index is 770. The van der Waals surface area contributed by atoms with Crippen molar-refractivity contribution in [2.75, 3.05) is 13.7 Å². The summed E-state index contributed by atoms with van der Waals surface area (Å²) in [4.78, 5) is 0. The molecule has 0 amide bonds. The van der Waals surface area contributed by atoms with Crippen LogP contribution in [0.25, 0.3) is 0 Å². The van der Waals surface area contributed by atoms with E-state index in [0.717, 1.165) is 22.6 Å². The summed E-state index contributed by atoms with van der Waals surface area (Å²) in [5, 5.41) is 14.7. The molecule has 0 radical (unpaired) electrons. The van der Waals surface area contributed by atoms with E-state index in [2.05, 4.69) is 12.0 Å². The second-order valence-electron chi connectivity index (χ2n) is 5.92. The Morgan fingerprint density at radius 2 is 1.96 bits per heavy atom. The van der Waals surface area contributed by atoms with Crippen LogP contribution in [0.2, 0.25) is 0 Å². The van der Waals surface area contributed by atoms with Gasteiger partial charge >= 0.3 is 0 Å². The van der Waals surface area contributed by atoms with Crippen molar-refractivity contribution in [3.63, 3.8) is 0 Å². The van der Waals surface area contributed by atoms with Crippen molar-refractivity contribution in [2.45, 2.75) is 13.3 Å². The normalized spacial score (nSPS) is 16.9. The zero-order valence-corrected chi connectivity index (χ0v) is 13.8. The van der Waals surface area contributed by atoms with Crippen molar-refractivity contribution in [1.82, 2.24) is 5.01 Å². The molecule has 0 saturated carbocycles. The van der Waals surface area contributed by atoms with Crippen LogP contribution in [0.15, 0.2) is 53.6 Å². The molecular weight excluding hydrogens is 305 g/mol. The lowest BCUT2D eigenvalue weighted by Crippen LogP contribution is -2.26. The minimum absolute atomic E-state index is 0.204. The predicted octanol–water partition coefficient (Wildman–Crippen LogP) is 3.71. The first kappa shape index (κ1) is 16.2. The van der Waals surface area contributed by atoms with E-state index in [-0.39, 0.29) is 11.7 Å². The zero-order chi connectivity index (χ0) is 17.1. The molecule has 3 rings (SSSR count). The van der Waals surface area contributed by atoms with E-state index in [1.165, 1.54) is 12.1 Å². The number of ether oxygens (including phenoxy) is 1. The van der Waals surface area contributed by atoms with Crippen molar-refractivity contribution in [3.8, 4) is 5.75 Å². The molecule has 1 aliphatic rings. The van der Waals surface area contributed by atoms with Crippen LogP contribution in [-0.4, -0.2) is 30.2 Å². The number of benzene rings is 2. The van der Waals surface area contributed by atoms with Crippen molar-refractivity contribution < 1.29 is 9.13 Å². The first-order chi connectivity index (χ1) is 11.6. The fraction of sp³-hybridized carbons (Fsp3) is 0.263. The monoisotopic (exact) mass is 325 g/mol. The van der Waals surface area contributed by atoms with Gasteiger partial charge in [-0.05, 0) is 29.8 Å². The van der Waals surface area contributed by atoms with Gasteiger partial charge in [0.2, 0.25) is 0 Å². The highest BCUT2D eigenvalue weighted by Gasteiger charge is 2.27. The molecule has 4 nitrogen and oxygen atoms in total. The second-order valence-corrected chi connectivity index (χ2v) is 5.92. The molecule has 5 heteroatoms. The number of nitrogens with zero attached hydrogens (tertiary/aromatic N) is 2. The van der Waals surface area contributed by atoms with Crippen molar-refractivity contribution in [1.29, 1.82) is 5.41 Å². The highest BCUT2D eigenvalue weighted by Crippen LogP contribution is 2.26. The van der Waals surface area contributed by atoms with Gasteiger partial charge in [-0.3, -0.25) is 10.4 Å². The number of hydrogen-bond donors (Lipinski definition) is 1. The molecule has 0 spiro atoms. The van der Waals surface area contributed by atoms with E-state index < -0.39 is 0 Å². The number of hydrogen-bond acceptors (Lipinski definition) is 3. The molecule has 1 N–H and O–H groups in total. The standard InChI is InChI=1S/C19H20FN3O/c1-13-12-23(18(21)11-14-7-9-15(20)10-8-14)22-19(13)16-5-3-4-6-17(16)24-2/h3-10,13,21H,11-12H2,1-2H3. The van der Waals surface area contributed by atoms with Gasteiger partial charge in [0.1, 0.15) is 17.4 Å². The number of rotatable bonds is 4. The quantitative estimate of drug-likeness (QED) is 0.688. The average molecular weight is 325 g/mol. The Balaban J connectivity index is 1.79. The summed E-state index contributed by atoms with van der Waals surface area (Å²) < 4.78 is 18.4. The molecule has 2 aromatic rings. The van der Waals surface area contributed by atoms with Gasteiger partial charge in [-0.25, -0.2) is 4.39 Å². The van der Waals surface area contributed by atoms with Crippen LogP contribution in [0.4, 0.5) is 4.39 Å². The van der Waals surface area contributed by atoms with Gasteiger partial charge in [0.15, 0.2) is 0 Å². The van der Waals surface area contributed by atoms with Crippen molar-refractivity contribution in [3.05, 3.63) is 65.5 Å². The number of para-hydroxylation sites is 1. The lowest BCUT2D eigenvalue weighted by Gasteiger charge is -2.15. The number of halogens is 1. The van der Waals surface area contributed by atoms with Crippen LogP contribution in [0.3, 0.4) is 0 Å². The number of amidine groups is 1. The van der Waals surface area contributed by atoms with Crippen LogP contribution < -0.4 is 4.74 Å². The van der Waals surface area contributed by atoms with Gasteiger partial charge in [-0.1, -0.05) is 31.2 Å². The third-order valence-corrected chi connectivity index (χ3v) is 4.12. The van der Waals surface area contributed by atoms with Crippen molar-refractivity contribution >= 4 is 11.5 Å². The number of nitrogens with one attached hydrogen (secondary N) is 1. The summed E-state index contributed by atoms with van der Waals surface area (Å²) in [5.74, 6) is 1.12. The summed E-state index contributed by atoms with van der Waals surface area (Å²) in [6, 6.07) is 14.0. The first-order valence-corrected chi connectivity index (χ1v) is 7.89. The van der Waals surface area contributed by atoms with Crippen LogP contribution in [0.1, 0.15) is 18.1 Å². The molecule has 0 aliphatic carbocycles. The lowest BCUT2D eigenvalue weighted by molar-refractivity contribution is 0.413. The predicted molar refractivity (Wildman–Crippen MR) is 93.2 cm³/mol. The molecule has 124 valence electrons. The minimum atomic E-state index is -0.267. The van der Waals surface area contributed by atoms with E-state index >= 15 is 0 Å². The number of methoxy groups -OCH3 is 1. The minimum Gasteiger partial charge on any atom is -0.496 e. The molecule has 0 bridgehead atoms. The van der Waals surface area contributed by atoms with E-state index in [1.807, 2.05) is 24.3 Å². The molecule has 0 fully saturated rings. The third-order valence-electron chi connectivity index (χ3n) is 4.12. The molecule has 2 aromatic carbocycles. The van der Waals surface area contributed by atoms with Gasteiger partial charge in [0.25, 0.3) is 0 Å². The van der Waals surface area contributed by atoms with Crippen LogP contribution in [0, 0.1) is 17.1 Å². The Labute approximate surface area is 141 Å². The molecule has 1 atom stereocenters. The fourth-order valence-electron chi connectivity index (χ4n) is 2.85. The van der Waals surface area contributed by atoms with Crippen LogP contribution in [0.5, 0.6) is 5.75 Å². The van der Waals surface area contributed by atoms with E-state index in [1.54, 1.807) is 24.3 Å². The van der Waals surface area contributed by atoms with E-state index in [9.17, 15) is 4.39 Å². The van der Waals surface area contributed by atoms with E-state index in [4.69, 9.17) is 10.1 Å². The van der Waals surface area contributed by atoms with Gasteiger partial charge in [-0.15, -0.1) is 0 Å². The third kappa shape index (κ3) is 3.30. The summed E-state index contributed by atoms with van der Waals surface area (Å²) in [6.45, 7) is 2.75. The van der Waals surface area contributed by atoms with Gasteiger partial charge in [-0.2, -0.15) is 5.10 Å². The maximum absolute atomic E-state index is 13.0. The summed E-state index contributed by atoms with van der Waals surface area (Å²) in [7, 11) is 1.65. The molecule has 24 heavy (non-hydrogen) atoms. The Kier molecular flexibility index (Phi) is 4.60. The first-order valence-electron chi connectivity index (χ1n) is 7.89. The molecule has 0 aromatic heterocycles. The molecule has 1 aliphatic heterocycles. The van der Waals surface area contributed by atoms with Gasteiger partial charge < -0.3 is 4.74 Å². The van der Waals surface area contributed by atoms with Crippen molar-refractivity contribution in [2.24, 2.45) is 11.0 Å². The maximum Gasteiger partial charge on any atom is 0.127 e. The zero-order valence-electron chi connectivity index (χ0n) is 13.8. The topological polar surface area (TPSA) is 48.7 Å². The second kappa shape index (κ2) is 6.83. The molecule has 0 saturated heterocycles. The molecular formula is C19H20FN3O. The molecule has 1 unspecified atom stereocenters. The summed E-state index contributed by atoms with van der Waals surface area (Å²) in [6.07, 6.45) is 0.426. The maximum atomic E-state index is 13.0. The summed E-state index contributed by atoms with van der Waals surface area (Å²) >= 11 is 0. The van der Waals surface area contributed by atoms with E-state index in [0.29, 0.717) is 18.8 Å². The number of hydrazone groups is 1. The Morgan fingerprint density at radius 1 is 1.25 bits per heavy atom. The largest absolute Gasteiger partial charge is 0.496 e. The highest BCUT2D eigenvalue weighted by atomic mass is 19.1. The lowest BCUT2D eigenvalue weighted by atomic mass is 9.98. The highest BCUT2D eigenvalue weighted by molar-refractivity contribution is 6.06. The fourth-order valence-corrected chi connectivity index (χ4v) is 2.85.